The molecule has 2 aromatic carbocycles. The summed E-state index contributed by atoms with van der Waals surface area (Å²) in [5.41, 5.74) is 0.641. The third kappa shape index (κ3) is 1.62. The number of hydrogen-bond donors (Lipinski definition) is 2. The minimum absolute atomic E-state index is 0.0704. The second-order valence-electron chi connectivity index (χ2n) is 4.53. The predicted octanol–water partition coefficient (Wildman–Crippen LogP) is 2.61. The van der Waals surface area contributed by atoms with E-state index >= 15 is 0 Å². The Balaban J connectivity index is 2.35. The average molecular weight is 289 g/mol. The second kappa shape index (κ2) is 4.35. The summed E-state index contributed by atoms with van der Waals surface area (Å²) in [4.78, 5) is 24.8. The Morgan fingerprint density at radius 3 is 2.30 bits per heavy atom. The molecule has 0 spiro atoms. The summed E-state index contributed by atoms with van der Waals surface area (Å²) in [6, 6.07) is 7.15. The number of hydrogen-bond acceptors (Lipinski definition) is 4. The molecule has 1 aliphatic rings. The van der Waals surface area contributed by atoms with Gasteiger partial charge in [0.15, 0.2) is 5.78 Å². The third-order valence-electron chi connectivity index (χ3n) is 3.32. The van der Waals surface area contributed by atoms with Crippen LogP contribution in [0.25, 0.3) is 0 Å². The quantitative estimate of drug-likeness (QED) is 0.675. The van der Waals surface area contributed by atoms with E-state index in [9.17, 15) is 19.8 Å². The van der Waals surface area contributed by atoms with E-state index in [2.05, 4.69) is 0 Å². The van der Waals surface area contributed by atoms with Crippen LogP contribution in [0.3, 0.4) is 0 Å². The van der Waals surface area contributed by atoms with E-state index in [-0.39, 0.29) is 39.6 Å². The molecule has 0 atom stereocenters. The van der Waals surface area contributed by atoms with Crippen LogP contribution < -0.4 is 0 Å². The van der Waals surface area contributed by atoms with E-state index in [1.165, 1.54) is 30.3 Å². The molecule has 4 nitrogen and oxygen atoms in total. The summed E-state index contributed by atoms with van der Waals surface area (Å²) in [6.07, 6.45) is 0. The van der Waals surface area contributed by atoms with Crippen LogP contribution in [-0.4, -0.2) is 21.8 Å². The van der Waals surface area contributed by atoms with Crippen molar-refractivity contribution < 1.29 is 19.8 Å². The molecule has 0 bridgehead atoms. The van der Waals surface area contributed by atoms with Gasteiger partial charge in [-0.05, 0) is 23.8 Å². The SMILES string of the molecule is O=C1c2cccc(O)c2C(=O)c2c(O)cc(CCl)cc21. The van der Waals surface area contributed by atoms with Crippen molar-refractivity contribution in [2.24, 2.45) is 0 Å². The summed E-state index contributed by atoms with van der Waals surface area (Å²) in [6.45, 7) is 0. The Labute approximate surface area is 119 Å². The lowest BCUT2D eigenvalue weighted by atomic mass is 9.82. The largest absolute Gasteiger partial charge is 0.507 e. The van der Waals surface area contributed by atoms with Crippen LogP contribution in [-0.2, 0) is 5.88 Å². The maximum atomic E-state index is 12.4. The standard InChI is InChI=1S/C15H9ClO4/c16-6-7-4-9-13(11(18)5-7)15(20)12-8(14(9)19)2-1-3-10(12)17/h1-5,17-18H,6H2. The molecule has 1 aliphatic carbocycles. The molecule has 2 N–H and O–H groups in total. The minimum atomic E-state index is -0.564. The molecule has 0 saturated heterocycles. The number of aromatic hydroxyl groups is 2. The van der Waals surface area contributed by atoms with Crippen LogP contribution in [0.5, 0.6) is 11.5 Å². The number of benzene rings is 2. The second-order valence-corrected chi connectivity index (χ2v) is 4.80. The molecule has 3 rings (SSSR count). The number of phenols is 2. The van der Waals surface area contributed by atoms with Crippen molar-refractivity contribution in [2.45, 2.75) is 5.88 Å². The molecule has 20 heavy (non-hydrogen) atoms. The van der Waals surface area contributed by atoms with Crippen molar-refractivity contribution in [3.05, 3.63) is 58.1 Å². The first-order chi connectivity index (χ1) is 9.54. The van der Waals surface area contributed by atoms with Gasteiger partial charge < -0.3 is 10.2 Å². The Hall–Kier alpha value is -2.33. The number of carbonyl (C=O) groups excluding carboxylic acids is 2. The van der Waals surface area contributed by atoms with Gasteiger partial charge in [-0.15, -0.1) is 11.6 Å². The zero-order valence-corrected chi connectivity index (χ0v) is 10.9. The maximum Gasteiger partial charge on any atom is 0.201 e. The summed E-state index contributed by atoms with van der Waals surface area (Å²) < 4.78 is 0. The fraction of sp³-hybridized carbons (Fsp3) is 0.0667. The number of halogens is 1. The average Bonchev–Trinajstić information content (AvgIpc) is 2.43. The monoisotopic (exact) mass is 288 g/mol. The topological polar surface area (TPSA) is 74.6 Å². The smallest absolute Gasteiger partial charge is 0.201 e. The molecule has 0 saturated carbocycles. The van der Waals surface area contributed by atoms with Crippen molar-refractivity contribution in [2.75, 3.05) is 0 Å². The van der Waals surface area contributed by atoms with Crippen molar-refractivity contribution in [3.8, 4) is 11.5 Å². The Morgan fingerprint density at radius 2 is 1.60 bits per heavy atom. The van der Waals surface area contributed by atoms with E-state index in [0.29, 0.717) is 5.56 Å². The molecule has 0 amide bonds. The Bertz CT molecular complexity index is 765. The zero-order valence-electron chi connectivity index (χ0n) is 10.2. The van der Waals surface area contributed by atoms with Gasteiger partial charge >= 0.3 is 0 Å². The highest BCUT2D eigenvalue weighted by molar-refractivity contribution is 6.30. The molecule has 0 aliphatic heterocycles. The van der Waals surface area contributed by atoms with E-state index in [1.54, 1.807) is 0 Å². The molecule has 0 radical (unpaired) electrons. The summed E-state index contributed by atoms with van der Waals surface area (Å²) in [5, 5.41) is 19.7. The highest BCUT2D eigenvalue weighted by Gasteiger charge is 2.34. The normalized spacial score (nSPS) is 13.1. The zero-order chi connectivity index (χ0) is 14.4. The van der Waals surface area contributed by atoms with Gasteiger partial charge in [0.05, 0.1) is 11.1 Å². The van der Waals surface area contributed by atoms with Crippen molar-refractivity contribution in [1.29, 1.82) is 0 Å². The minimum Gasteiger partial charge on any atom is -0.507 e. The lowest BCUT2D eigenvalue weighted by molar-refractivity contribution is 0.0974. The van der Waals surface area contributed by atoms with Gasteiger partial charge in [0.25, 0.3) is 0 Å². The van der Waals surface area contributed by atoms with Gasteiger partial charge in [0.2, 0.25) is 5.78 Å². The van der Waals surface area contributed by atoms with E-state index in [1.807, 2.05) is 0 Å². The summed E-state index contributed by atoms with van der Waals surface area (Å²) >= 11 is 5.70. The maximum absolute atomic E-state index is 12.4. The van der Waals surface area contributed by atoms with Crippen LogP contribution in [0.1, 0.15) is 37.4 Å². The van der Waals surface area contributed by atoms with Crippen LogP contribution >= 0.6 is 11.6 Å². The summed E-state index contributed by atoms with van der Waals surface area (Å²) in [5.74, 6) is -1.42. The van der Waals surface area contributed by atoms with Gasteiger partial charge in [-0.25, -0.2) is 0 Å². The Morgan fingerprint density at radius 1 is 0.900 bits per heavy atom. The van der Waals surface area contributed by atoms with Crippen molar-refractivity contribution in [3.63, 3.8) is 0 Å². The highest BCUT2D eigenvalue weighted by Crippen LogP contribution is 2.37. The predicted molar refractivity (Wildman–Crippen MR) is 72.6 cm³/mol. The van der Waals surface area contributed by atoms with E-state index < -0.39 is 11.6 Å². The van der Waals surface area contributed by atoms with Crippen LogP contribution in [0, 0.1) is 0 Å². The van der Waals surface area contributed by atoms with Crippen molar-refractivity contribution in [1.82, 2.24) is 0 Å². The summed E-state index contributed by atoms with van der Waals surface area (Å²) in [7, 11) is 0. The molecule has 5 heteroatoms. The number of fused-ring (bicyclic) bond motifs is 2. The lowest BCUT2D eigenvalue weighted by Gasteiger charge is -2.19. The van der Waals surface area contributed by atoms with Gasteiger partial charge in [-0.3, -0.25) is 9.59 Å². The molecular weight excluding hydrogens is 280 g/mol. The van der Waals surface area contributed by atoms with Crippen LogP contribution in [0.2, 0.25) is 0 Å². The fourth-order valence-electron chi connectivity index (χ4n) is 2.42. The van der Waals surface area contributed by atoms with Gasteiger partial charge in [0.1, 0.15) is 11.5 Å². The first-order valence-corrected chi connectivity index (χ1v) is 6.41. The fourth-order valence-corrected chi connectivity index (χ4v) is 2.57. The van der Waals surface area contributed by atoms with Crippen LogP contribution in [0.15, 0.2) is 30.3 Å². The van der Waals surface area contributed by atoms with E-state index in [4.69, 9.17) is 11.6 Å². The number of ketones is 2. The molecule has 0 unspecified atom stereocenters. The first-order valence-electron chi connectivity index (χ1n) is 5.87. The van der Waals surface area contributed by atoms with E-state index in [0.717, 1.165) is 0 Å². The number of rotatable bonds is 1. The number of carbonyl (C=O) groups is 2. The van der Waals surface area contributed by atoms with Crippen LogP contribution in [0.4, 0.5) is 0 Å². The first kappa shape index (κ1) is 12.7. The molecule has 0 fully saturated rings. The molecular formula is C15H9ClO4. The lowest BCUT2D eigenvalue weighted by Crippen LogP contribution is -2.21. The van der Waals surface area contributed by atoms with Gasteiger partial charge in [-0.2, -0.15) is 0 Å². The molecule has 2 aromatic rings. The molecule has 0 aromatic heterocycles. The number of phenolic OH excluding ortho intramolecular Hbond substituents is 2. The van der Waals surface area contributed by atoms with Gasteiger partial charge in [-0.1, -0.05) is 12.1 Å². The Kier molecular flexibility index (Phi) is 2.76. The highest BCUT2D eigenvalue weighted by atomic mass is 35.5. The van der Waals surface area contributed by atoms with Gasteiger partial charge in [0, 0.05) is 17.0 Å². The third-order valence-corrected chi connectivity index (χ3v) is 3.63. The molecule has 0 heterocycles. The number of alkyl halides is 1. The molecule has 100 valence electrons. The van der Waals surface area contributed by atoms with Crippen molar-refractivity contribution >= 4 is 23.2 Å².